The molecule has 0 saturated carbocycles. The molecule has 1 fully saturated rings. The standard InChI is InChI=1S/C17H17F2NO/c18-13-5-6-15(16-3-1-2-4-17(16)19)12(9-13)11-21-14-7-8-20-10-14/h1-6,9,14,20H,7-8,10-11H2/t14-/m0/s1. The zero-order chi connectivity index (χ0) is 14.7. The fourth-order valence-electron chi connectivity index (χ4n) is 2.60. The maximum Gasteiger partial charge on any atom is 0.131 e. The average molecular weight is 289 g/mol. The van der Waals surface area contributed by atoms with Crippen LogP contribution in [0, 0.1) is 11.6 Å². The summed E-state index contributed by atoms with van der Waals surface area (Å²) in [5.41, 5.74) is 1.83. The minimum atomic E-state index is -0.335. The maximum absolute atomic E-state index is 14.0. The first-order valence-corrected chi connectivity index (χ1v) is 7.09. The van der Waals surface area contributed by atoms with Crippen LogP contribution in [0.5, 0.6) is 0 Å². The van der Waals surface area contributed by atoms with Crippen LogP contribution >= 0.6 is 0 Å². The SMILES string of the molecule is Fc1ccc(-c2ccccc2F)c(CO[C@H]2CCNC2)c1. The molecule has 0 radical (unpaired) electrons. The molecule has 1 aliphatic heterocycles. The van der Waals surface area contributed by atoms with Crippen LogP contribution < -0.4 is 5.32 Å². The summed E-state index contributed by atoms with van der Waals surface area (Å²) in [6.45, 7) is 2.03. The van der Waals surface area contributed by atoms with E-state index in [4.69, 9.17) is 4.74 Å². The number of hydrogen-bond acceptors (Lipinski definition) is 2. The van der Waals surface area contributed by atoms with Gasteiger partial charge in [0.15, 0.2) is 0 Å². The van der Waals surface area contributed by atoms with Crippen molar-refractivity contribution in [3.8, 4) is 11.1 Å². The summed E-state index contributed by atoms with van der Waals surface area (Å²) in [6.07, 6.45) is 1.09. The van der Waals surface area contributed by atoms with Crippen molar-refractivity contribution in [3.05, 3.63) is 59.7 Å². The molecule has 1 aliphatic rings. The van der Waals surface area contributed by atoms with E-state index in [1.54, 1.807) is 24.3 Å². The van der Waals surface area contributed by atoms with Crippen LogP contribution in [-0.2, 0) is 11.3 Å². The van der Waals surface area contributed by atoms with Crippen molar-refractivity contribution in [3.63, 3.8) is 0 Å². The van der Waals surface area contributed by atoms with Crippen LogP contribution in [0.15, 0.2) is 42.5 Å². The molecular formula is C17H17F2NO. The summed E-state index contributed by atoms with van der Waals surface area (Å²) in [6, 6.07) is 10.9. The Balaban J connectivity index is 1.87. The molecule has 21 heavy (non-hydrogen) atoms. The highest BCUT2D eigenvalue weighted by Gasteiger charge is 2.16. The highest BCUT2D eigenvalue weighted by atomic mass is 19.1. The molecule has 3 rings (SSSR count). The Morgan fingerprint density at radius 2 is 1.95 bits per heavy atom. The predicted molar refractivity (Wildman–Crippen MR) is 77.9 cm³/mol. The van der Waals surface area contributed by atoms with E-state index in [1.165, 1.54) is 18.2 Å². The number of nitrogens with one attached hydrogen (secondary N) is 1. The van der Waals surface area contributed by atoms with E-state index in [-0.39, 0.29) is 24.3 Å². The Labute approximate surface area is 122 Å². The van der Waals surface area contributed by atoms with E-state index in [1.807, 2.05) is 0 Å². The quantitative estimate of drug-likeness (QED) is 0.930. The van der Waals surface area contributed by atoms with Gasteiger partial charge in [0.05, 0.1) is 12.7 Å². The van der Waals surface area contributed by atoms with Gasteiger partial charge in [-0.25, -0.2) is 8.78 Å². The summed E-state index contributed by atoms with van der Waals surface area (Å²) < 4.78 is 33.2. The molecule has 0 aliphatic carbocycles. The molecule has 110 valence electrons. The van der Waals surface area contributed by atoms with Gasteiger partial charge in [-0.1, -0.05) is 24.3 Å². The molecular weight excluding hydrogens is 272 g/mol. The van der Waals surface area contributed by atoms with Crippen molar-refractivity contribution < 1.29 is 13.5 Å². The summed E-state index contributed by atoms with van der Waals surface area (Å²) >= 11 is 0. The van der Waals surface area contributed by atoms with Gasteiger partial charge in [0.1, 0.15) is 11.6 Å². The van der Waals surface area contributed by atoms with Gasteiger partial charge >= 0.3 is 0 Å². The first-order chi connectivity index (χ1) is 10.2. The van der Waals surface area contributed by atoms with Gasteiger partial charge in [0.25, 0.3) is 0 Å². The highest BCUT2D eigenvalue weighted by Crippen LogP contribution is 2.28. The van der Waals surface area contributed by atoms with Crippen molar-refractivity contribution in [2.45, 2.75) is 19.1 Å². The van der Waals surface area contributed by atoms with Gasteiger partial charge < -0.3 is 10.1 Å². The van der Waals surface area contributed by atoms with Crippen molar-refractivity contribution in [2.75, 3.05) is 13.1 Å². The van der Waals surface area contributed by atoms with Crippen LogP contribution in [0.4, 0.5) is 8.78 Å². The summed E-state index contributed by atoms with van der Waals surface area (Å²) in [7, 11) is 0. The Morgan fingerprint density at radius 3 is 2.71 bits per heavy atom. The molecule has 1 atom stereocenters. The molecule has 0 spiro atoms. The van der Waals surface area contributed by atoms with Gasteiger partial charge in [0.2, 0.25) is 0 Å². The lowest BCUT2D eigenvalue weighted by atomic mass is 9.99. The smallest absolute Gasteiger partial charge is 0.131 e. The van der Waals surface area contributed by atoms with Gasteiger partial charge in [0, 0.05) is 12.1 Å². The second-order valence-corrected chi connectivity index (χ2v) is 5.21. The molecule has 4 heteroatoms. The number of halogens is 2. The number of hydrogen-bond donors (Lipinski definition) is 1. The molecule has 1 saturated heterocycles. The molecule has 2 aromatic carbocycles. The Morgan fingerprint density at radius 1 is 1.10 bits per heavy atom. The van der Waals surface area contributed by atoms with Crippen LogP contribution in [0.3, 0.4) is 0 Å². The average Bonchev–Trinajstić information content (AvgIpc) is 3.00. The third-order valence-corrected chi connectivity index (χ3v) is 3.72. The van der Waals surface area contributed by atoms with Crippen molar-refractivity contribution in [1.82, 2.24) is 5.32 Å². The first-order valence-electron chi connectivity index (χ1n) is 7.09. The first kappa shape index (κ1) is 14.2. The van der Waals surface area contributed by atoms with Gasteiger partial charge in [-0.3, -0.25) is 0 Å². The largest absolute Gasteiger partial charge is 0.372 e. The lowest BCUT2D eigenvalue weighted by Crippen LogP contribution is -2.16. The molecule has 1 N–H and O–H groups in total. The second-order valence-electron chi connectivity index (χ2n) is 5.21. The van der Waals surface area contributed by atoms with Crippen molar-refractivity contribution in [2.24, 2.45) is 0 Å². The summed E-state index contributed by atoms with van der Waals surface area (Å²) in [4.78, 5) is 0. The van der Waals surface area contributed by atoms with Crippen molar-refractivity contribution >= 4 is 0 Å². The molecule has 0 bridgehead atoms. The Kier molecular flexibility index (Phi) is 4.27. The number of ether oxygens (including phenoxy) is 1. The van der Waals surface area contributed by atoms with E-state index < -0.39 is 0 Å². The summed E-state index contributed by atoms with van der Waals surface area (Å²) in [5, 5.41) is 3.22. The number of benzene rings is 2. The molecule has 0 amide bonds. The maximum atomic E-state index is 14.0. The topological polar surface area (TPSA) is 21.3 Å². The van der Waals surface area contributed by atoms with Crippen molar-refractivity contribution in [1.29, 1.82) is 0 Å². The predicted octanol–water partition coefficient (Wildman–Crippen LogP) is 3.51. The summed E-state index contributed by atoms with van der Waals surface area (Å²) in [5.74, 6) is -0.647. The fourth-order valence-corrected chi connectivity index (χ4v) is 2.60. The third-order valence-electron chi connectivity index (χ3n) is 3.72. The van der Waals surface area contributed by atoms with Crippen LogP contribution in [-0.4, -0.2) is 19.2 Å². The molecule has 2 aromatic rings. The van der Waals surface area contributed by atoms with Gasteiger partial charge in [-0.05, 0) is 42.3 Å². The van der Waals surface area contributed by atoms with Crippen LogP contribution in [0.1, 0.15) is 12.0 Å². The second kappa shape index (κ2) is 6.33. The van der Waals surface area contributed by atoms with E-state index in [0.717, 1.165) is 19.5 Å². The monoisotopic (exact) mass is 289 g/mol. The zero-order valence-electron chi connectivity index (χ0n) is 11.6. The van der Waals surface area contributed by atoms with Crippen LogP contribution in [0.2, 0.25) is 0 Å². The highest BCUT2D eigenvalue weighted by molar-refractivity contribution is 5.67. The molecule has 1 heterocycles. The normalized spacial score (nSPS) is 18.1. The fraction of sp³-hybridized carbons (Fsp3) is 0.294. The minimum Gasteiger partial charge on any atom is -0.372 e. The lowest BCUT2D eigenvalue weighted by Gasteiger charge is -2.14. The Bertz CT molecular complexity index is 624. The number of rotatable bonds is 4. The van der Waals surface area contributed by atoms with Crippen LogP contribution in [0.25, 0.3) is 11.1 Å². The molecule has 0 aromatic heterocycles. The van der Waals surface area contributed by atoms with E-state index in [2.05, 4.69) is 5.32 Å². The van der Waals surface area contributed by atoms with E-state index in [0.29, 0.717) is 16.7 Å². The van der Waals surface area contributed by atoms with Gasteiger partial charge in [-0.2, -0.15) is 0 Å². The zero-order valence-corrected chi connectivity index (χ0v) is 11.6. The Hall–Kier alpha value is -1.78. The van der Waals surface area contributed by atoms with Gasteiger partial charge in [-0.15, -0.1) is 0 Å². The lowest BCUT2D eigenvalue weighted by molar-refractivity contribution is 0.0543. The van der Waals surface area contributed by atoms with E-state index >= 15 is 0 Å². The third kappa shape index (κ3) is 3.28. The molecule has 2 nitrogen and oxygen atoms in total. The molecule has 0 unspecified atom stereocenters. The minimum absolute atomic E-state index is 0.140. The van der Waals surface area contributed by atoms with E-state index in [9.17, 15) is 8.78 Å².